The van der Waals surface area contributed by atoms with Crippen LogP contribution in [0.3, 0.4) is 0 Å². The van der Waals surface area contributed by atoms with Gasteiger partial charge in [0.25, 0.3) is 0 Å². The van der Waals surface area contributed by atoms with Gasteiger partial charge in [-0.15, -0.1) is 0 Å². The van der Waals surface area contributed by atoms with Crippen LogP contribution in [0.15, 0.2) is 97.0 Å². The fourth-order valence-electron chi connectivity index (χ4n) is 14.0. The number of aliphatic imine (C=N–C) groups is 5. The highest BCUT2D eigenvalue weighted by Crippen LogP contribution is 2.14. The number of allylic oxidation sites excluding steroid dienone is 1. The molecular weight excluding hydrogens is 1470 g/mol. The highest BCUT2D eigenvalue weighted by molar-refractivity contribution is 5.82. The summed E-state index contributed by atoms with van der Waals surface area (Å²) >= 11 is 0. The van der Waals surface area contributed by atoms with E-state index in [1.165, 1.54) is 242 Å². The maximum Gasteiger partial charge on any atom is 0.0672 e. The van der Waals surface area contributed by atoms with Gasteiger partial charge < -0.3 is 73.3 Å². The summed E-state index contributed by atoms with van der Waals surface area (Å²) in [4.78, 5) is 20.8. The lowest BCUT2D eigenvalue weighted by Crippen LogP contribution is -2.38. The summed E-state index contributed by atoms with van der Waals surface area (Å²) in [7, 11) is 0. The maximum atomic E-state index is 5.22. The first-order valence-electron chi connectivity index (χ1n) is 49.0. The van der Waals surface area contributed by atoms with Crippen molar-refractivity contribution in [3.8, 4) is 0 Å². The molecule has 17 rings (SSSR count). The van der Waals surface area contributed by atoms with Crippen molar-refractivity contribution in [3.05, 3.63) is 72.0 Å². The number of ether oxygens (including phenoxy) is 2. The predicted octanol–water partition coefficient (Wildman–Crippen LogP) is 17.8. The van der Waals surface area contributed by atoms with E-state index in [9.17, 15) is 0 Å². The molecule has 17 aliphatic heterocycles. The molecule has 19 heteroatoms. The Labute approximate surface area is 735 Å². The van der Waals surface area contributed by atoms with E-state index >= 15 is 0 Å². The topological polar surface area (TPSA) is 225 Å². The lowest BCUT2D eigenvalue weighted by atomic mass is 10.0. The van der Waals surface area contributed by atoms with Gasteiger partial charge in [0.1, 0.15) is 0 Å². The third kappa shape index (κ3) is 82.1. The lowest BCUT2D eigenvalue weighted by Gasteiger charge is -2.19. The summed E-state index contributed by atoms with van der Waals surface area (Å²) in [5.41, 5.74) is 4.34. The molecule has 12 N–H and O–H groups in total. The Hall–Kier alpha value is -3.93. The molecule has 0 aromatic rings. The quantitative estimate of drug-likeness (QED) is 0.101. The molecule has 119 heavy (non-hydrogen) atoms. The van der Waals surface area contributed by atoms with Gasteiger partial charge in [-0.2, -0.15) is 0 Å². The molecule has 0 amide bonds. The lowest BCUT2D eigenvalue weighted by molar-refractivity contribution is 0.0410. The average Bonchev–Trinajstić information content (AvgIpc) is 3.97. The highest BCUT2D eigenvalue weighted by Gasteiger charge is 2.12. The van der Waals surface area contributed by atoms with Gasteiger partial charge in [-0.1, -0.05) is 120 Å². The largest absolute Gasteiger partial charge is 0.389 e. The van der Waals surface area contributed by atoms with E-state index in [0.29, 0.717) is 36.3 Å². The first-order chi connectivity index (χ1) is 57.7. The van der Waals surface area contributed by atoms with Crippen molar-refractivity contribution >= 4 is 30.6 Å². The zero-order chi connectivity index (χ0) is 86.9. The summed E-state index contributed by atoms with van der Waals surface area (Å²) < 4.78 is 10.3. The van der Waals surface area contributed by atoms with Crippen molar-refractivity contribution in [2.75, 3.05) is 157 Å². The fourth-order valence-corrected chi connectivity index (χ4v) is 14.0. The van der Waals surface area contributed by atoms with Gasteiger partial charge in [0.2, 0.25) is 0 Å². The van der Waals surface area contributed by atoms with Crippen LogP contribution in [0.4, 0.5) is 0 Å². The number of hydrogen-bond donors (Lipinski definition) is 12. The number of piperidine rings is 4. The molecule has 19 nitrogen and oxygen atoms in total. The summed E-state index contributed by atoms with van der Waals surface area (Å²) in [5, 5.41) is 39.4. The number of morpholine rings is 2. The second-order valence-corrected chi connectivity index (χ2v) is 36.3. The summed E-state index contributed by atoms with van der Waals surface area (Å²) in [6.45, 7) is 63.7. The standard InChI is InChI=1S/C6H13N.2C6H11N.C6H13N.4C6H11N.2C6H13N.5C6H11N.2C5H11NO/c3*1-6-2-4-7-5-3-6;5*1-6-3-2-4-7-5-6;7*1-6-4-2-3-5-7-6;1-5-4-7-3-2-6-5;1-5-4-6-2-3-7-5/h6-7H,2-5H2,1H3;4,6H,2-3,5H2,1H3;2,7H,3-5H2,1H3;6-7H,2-5H2,1H3;5-6H,2-4H2,1H3;4,6H,2-3,5H2,1H3;3,7H,2,4-5H2,1H3;2-3,6-7H,4-5H2,1H3;2*6-7H,2-5H2,1H3;2-5H2,1H3;5-6H,2-4H2,1H3;3,5-7H,2,4H2,1H3;2,4,6-7H,3,5H2,1H3;2-3,6-7H,4-5H2,1H3;2*5-6H,2-4H2,1H3. The Morgan fingerprint density at radius 3 is 1.42 bits per heavy atom. The van der Waals surface area contributed by atoms with Crippen LogP contribution in [0.25, 0.3) is 0 Å². The van der Waals surface area contributed by atoms with Crippen LogP contribution < -0.4 is 63.8 Å². The van der Waals surface area contributed by atoms with E-state index in [0.717, 1.165) is 159 Å². The zero-order valence-corrected chi connectivity index (χ0v) is 80.5. The molecular formula is C100H195N17O2. The van der Waals surface area contributed by atoms with Crippen LogP contribution in [-0.2, 0) is 9.47 Å². The van der Waals surface area contributed by atoms with Crippen LogP contribution >= 0.6 is 0 Å². The van der Waals surface area contributed by atoms with Crippen LogP contribution in [0.2, 0.25) is 0 Å². The Morgan fingerprint density at radius 2 is 1.15 bits per heavy atom. The Kier molecular flexibility index (Phi) is 79.4. The van der Waals surface area contributed by atoms with Gasteiger partial charge >= 0.3 is 0 Å². The minimum absolute atomic E-state index is 0.425. The van der Waals surface area contributed by atoms with Crippen LogP contribution in [0.1, 0.15) is 297 Å². The van der Waals surface area contributed by atoms with Crippen LogP contribution in [-0.4, -0.2) is 236 Å². The van der Waals surface area contributed by atoms with E-state index in [1.807, 2.05) is 24.8 Å². The molecule has 6 fully saturated rings. The molecule has 0 bridgehead atoms. The van der Waals surface area contributed by atoms with Crippen LogP contribution in [0.5, 0.6) is 0 Å². The molecule has 0 spiro atoms. The minimum atomic E-state index is 0.425. The second kappa shape index (κ2) is 83.6. The zero-order valence-electron chi connectivity index (χ0n) is 80.5. The molecule has 692 valence electrons. The molecule has 13 atom stereocenters. The van der Waals surface area contributed by atoms with Crippen LogP contribution in [0, 0.1) is 35.5 Å². The summed E-state index contributed by atoms with van der Waals surface area (Å²) in [5.74, 6) is 5.11. The predicted molar refractivity (Wildman–Crippen MR) is 528 cm³/mol. The second-order valence-electron chi connectivity index (χ2n) is 36.3. The summed E-state index contributed by atoms with van der Waals surface area (Å²) in [6.07, 6.45) is 67.2. The van der Waals surface area contributed by atoms with Crippen molar-refractivity contribution in [1.29, 1.82) is 0 Å². The molecule has 13 unspecified atom stereocenters. The first-order valence-corrected chi connectivity index (χ1v) is 49.0. The van der Waals surface area contributed by atoms with Gasteiger partial charge in [0, 0.05) is 133 Å². The SMILES string of the molecule is CC1=CCCNC1.CC1=CCNCC1.CC1=NCCCC1.CC1C=CCCN1.CC1C=CCNC1.CC1C=NCCC1.CC1CC=CCN1.CC1CC=NCC1.CC1CCC=CN1.CC1CCC=NC1.CC1CCCC=N1.CC1CCCCN1.CC1CCCCN1.CC1CCCNC1.CC1CCNCC1.CC1CNCCO1.CC1COCCN1. The number of nitrogens with one attached hydrogen (secondary N) is 12. The van der Waals surface area contributed by atoms with E-state index in [2.05, 4.69) is 267 Å². The van der Waals surface area contributed by atoms with Gasteiger partial charge in [0.05, 0.1) is 25.9 Å². The van der Waals surface area contributed by atoms with Crippen molar-refractivity contribution in [2.45, 2.75) is 346 Å². The highest BCUT2D eigenvalue weighted by atomic mass is 16.5. The molecule has 6 saturated heterocycles. The molecule has 0 aromatic carbocycles. The van der Waals surface area contributed by atoms with Crippen molar-refractivity contribution in [3.63, 3.8) is 0 Å². The average molecular weight is 1670 g/mol. The molecule has 0 aliphatic carbocycles. The van der Waals surface area contributed by atoms with Crippen molar-refractivity contribution < 1.29 is 9.47 Å². The molecule has 17 aliphatic rings. The number of rotatable bonds is 0. The smallest absolute Gasteiger partial charge is 0.0672 e. The maximum absolute atomic E-state index is 5.22. The Balaban J connectivity index is 0.000000632. The van der Waals surface area contributed by atoms with Crippen molar-refractivity contribution in [2.24, 2.45) is 60.5 Å². The minimum Gasteiger partial charge on any atom is -0.389 e. The molecule has 0 radical (unpaired) electrons. The first kappa shape index (κ1) is 113. The monoisotopic (exact) mass is 1670 g/mol. The van der Waals surface area contributed by atoms with Gasteiger partial charge in [-0.25, -0.2) is 0 Å². The van der Waals surface area contributed by atoms with E-state index < -0.39 is 0 Å². The number of nitrogens with zero attached hydrogens (tertiary/aromatic N) is 5. The normalized spacial score (nSPS) is 29.4. The number of hydrogen-bond acceptors (Lipinski definition) is 19. The molecule has 17 heterocycles. The van der Waals surface area contributed by atoms with Gasteiger partial charge in [-0.3, -0.25) is 25.0 Å². The van der Waals surface area contributed by atoms with Crippen molar-refractivity contribution in [1.82, 2.24) is 63.8 Å². The third-order valence-electron chi connectivity index (χ3n) is 22.6. The molecule has 0 saturated carbocycles. The molecule has 0 aromatic heterocycles. The van der Waals surface area contributed by atoms with E-state index in [1.54, 1.807) is 0 Å². The third-order valence-corrected chi connectivity index (χ3v) is 22.6. The summed E-state index contributed by atoms with van der Waals surface area (Å²) in [6, 6.07) is 4.74. The van der Waals surface area contributed by atoms with E-state index in [-0.39, 0.29) is 0 Å². The van der Waals surface area contributed by atoms with E-state index in [4.69, 9.17) is 9.47 Å². The van der Waals surface area contributed by atoms with Gasteiger partial charge in [0.15, 0.2) is 0 Å². The Bertz CT molecular complexity index is 2200. The Morgan fingerprint density at radius 1 is 0.378 bits per heavy atom. The van der Waals surface area contributed by atoms with Gasteiger partial charge in [-0.05, 0) is 362 Å². The fraction of sp³-hybridized carbons (Fsp3) is 0.830.